The maximum atomic E-state index is 11.6. The smallest absolute Gasteiger partial charge is 0.277 e. The number of aromatic nitrogens is 2. The summed E-state index contributed by atoms with van der Waals surface area (Å²) in [5.74, 6) is 0.194. The lowest BCUT2D eigenvalue weighted by Gasteiger charge is -2.29. The Morgan fingerprint density at radius 1 is 1.62 bits per heavy atom. The molecular weight excluding hydrogens is 172 g/mol. The van der Waals surface area contributed by atoms with E-state index in [0.29, 0.717) is 11.5 Å². The standard InChI is InChI=1S/C7H10N4O2/c1-10-3-8-5-4(10)6(12)11(2)7(13)9-5/h3,7,9,13H,1-2H3. The molecule has 1 amide bonds. The Kier molecular flexibility index (Phi) is 1.53. The molecule has 1 aromatic rings. The van der Waals surface area contributed by atoms with Crippen LogP contribution in [0.25, 0.3) is 0 Å². The van der Waals surface area contributed by atoms with E-state index in [2.05, 4.69) is 10.3 Å². The first-order valence-electron chi connectivity index (χ1n) is 3.84. The molecule has 1 aliphatic heterocycles. The number of rotatable bonds is 0. The molecule has 0 fully saturated rings. The Balaban J connectivity index is 2.52. The minimum atomic E-state index is -0.991. The number of aryl methyl sites for hydroxylation is 1. The first-order valence-corrected chi connectivity index (χ1v) is 3.84. The number of carbonyl (C=O) groups is 1. The molecule has 6 heteroatoms. The second-order valence-corrected chi connectivity index (χ2v) is 2.99. The number of anilines is 1. The van der Waals surface area contributed by atoms with E-state index in [9.17, 15) is 9.90 Å². The normalized spacial score (nSPS) is 21.3. The number of nitrogens with one attached hydrogen (secondary N) is 1. The van der Waals surface area contributed by atoms with E-state index in [1.54, 1.807) is 11.6 Å². The van der Waals surface area contributed by atoms with Crippen LogP contribution in [0.2, 0.25) is 0 Å². The average Bonchev–Trinajstić information content (AvgIpc) is 2.43. The van der Waals surface area contributed by atoms with Gasteiger partial charge in [0.15, 0.2) is 11.5 Å². The molecule has 1 atom stereocenters. The molecule has 0 aromatic carbocycles. The maximum Gasteiger partial charge on any atom is 0.277 e. The molecule has 0 saturated carbocycles. The lowest BCUT2D eigenvalue weighted by molar-refractivity contribution is 0.0291. The van der Waals surface area contributed by atoms with Gasteiger partial charge >= 0.3 is 0 Å². The third kappa shape index (κ3) is 0.988. The predicted molar refractivity (Wildman–Crippen MR) is 44.9 cm³/mol. The Morgan fingerprint density at radius 2 is 2.31 bits per heavy atom. The van der Waals surface area contributed by atoms with Crippen LogP contribution in [-0.2, 0) is 7.05 Å². The number of hydrogen-bond acceptors (Lipinski definition) is 4. The van der Waals surface area contributed by atoms with Crippen molar-refractivity contribution in [2.24, 2.45) is 7.05 Å². The van der Waals surface area contributed by atoms with Crippen LogP contribution in [-0.4, -0.2) is 38.9 Å². The lowest BCUT2D eigenvalue weighted by atomic mass is 10.3. The van der Waals surface area contributed by atoms with Crippen LogP contribution < -0.4 is 5.32 Å². The molecule has 0 aliphatic carbocycles. The molecule has 2 N–H and O–H groups in total. The Morgan fingerprint density at radius 3 is 3.00 bits per heavy atom. The largest absolute Gasteiger partial charge is 0.356 e. The van der Waals surface area contributed by atoms with Crippen LogP contribution in [0.5, 0.6) is 0 Å². The van der Waals surface area contributed by atoms with E-state index in [4.69, 9.17) is 0 Å². The van der Waals surface area contributed by atoms with Crippen LogP contribution in [0.15, 0.2) is 6.33 Å². The zero-order valence-corrected chi connectivity index (χ0v) is 7.35. The van der Waals surface area contributed by atoms with Crippen molar-refractivity contribution < 1.29 is 9.90 Å². The number of nitrogens with zero attached hydrogens (tertiary/aromatic N) is 3. The number of amides is 1. The summed E-state index contributed by atoms with van der Waals surface area (Å²) >= 11 is 0. The number of imidazole rings is 1. The van der Waals surface area contributed by atoms with E-state index in [0.717, 1.165) is 0 Å². The first-order chi connectivity index (χ1) is 6.11. The summed E-state index contributed by atoms with van der Waals surface area (Å²) in [6, 6.07) is 0. The van der Waals surface area contributed by atoms with Gasteiger partial charge in [0.25, 0.3) is 5.91 Å². The predicted octanol–water partition coefficient (Wildman–Crippen LogP) is -0.807. The van der Waals surface area contributed by atoms with Crippen molar-refractivity contribution in [2.75, 3.05) is 12.4 Å². The molecule has 1 aliphatic rings. The fourth-order valence-electron chi connectivity index (χ4n) is 1.29. The summed E-state index contributed by atoms with van der Waals surface area (Å²) in [7, 11) is 3.26. The molecule has 2 rings (SSSR count). The van der Waals surface area contributed by atoms with Crippen molar-refractivity contribution in [1.82, 2.24) is 14.5 Å². The fraction of sp³-hybridized carbons (Fsp3) is 0.429. The third-order valence-corrected chi connectivity index (χ3v) is 2.09. The highest BCUT2D eigenvalue weighted by atomic mass is 16.3. The van der Waals surface area contributed by atoms with E-state index in [1.807, 2.05) is 0 Å². The van der Waals surface area contributed by atoms with Crippen molar-refractivity contribution in [3.05, 3.63) is 12.0 Å². The zero-order chi connectivity index (χ0) is 9.59. The van der Waals surface area contributed by atoms with Crippen molar-refractivity contribution >= 4 is 11.7 Å². The molecule has 13 heavy (non-hydrogen) atoms. The van der Waals surface area contributed by atoms with Crippen LogP contribution in [0.4, 0.5) is 5.82 Å². The number of carbonyl (C=O) groups excluding carboxylic acids is 1. The Hall–Kier alpha value is -1.56. The number of aliphatic hydroxyl groups excluding tert-OH is 1. The van der Waals surface area contributed by atoms with Crippen LogP contribution >= 0.6 is 0 Å². The van der Waals surface area contributed by atoms with Crippen molar-refractivity contribution in [2.45, 2.75) is 6.35 Å². The van der Waals surface area contributed by atoms with Gasteiger partial charge in [0.2, 0.25) is 6.35 Å². The van der Waals surface area contributed by atoms with Gasteiger partial charge in [-0.25, -0.2) is 4.98 Å². The van der Waals surface area contributed by atoms with E-state index in [-0.39, 0.29) is 5.91 Å². The SMILES string of the molecule is CN1C(=O)c2c(ncn2C)NC1O. The highest BCUT2D eigenvalue weighted by Gasteiger charge is 2.30. The second-order valence-electron chi connectivity index (χ2n) is 2.99. The monoisotopic (exact) mass is 182 g/mol. The molecule has 70 valence electrons. The summed E-state index contributed by atoms with van der Waals surface area (Å²) in [5.41, 5.74) is 0.466. The highest BCUT2D eigenvalue weighted by Crippen LogP contribution is 2.20. The summed E-state index contributed by atoms with van der Waals surface area (Å²) in [5, 5.41) is 12.0. The molecule has 2 heterocycles. The van der Waals surface area contributed by atoms with Gasteiger partial charge in [-0.15, -0.1) is 0 Å². The first kappa shape index (κ1) is 8.06. The minimum Gasteiger partial charge on any atom is -0.356 e. The van der Waals surface area contributed by atoms with Gasteiger partial charge in [0.1, 0.15) is 0 Å². The molecule has 0 saturated heterocycles. The second kappa shape index (κ2) is 2.46. The van der Waals surface area contributed by atoms with Gasteiger partial charge in [-0.3, -0.25) is 9.69 Å². The summed E-state index contributed by atoms with van der Waals surface area (Å²) in [6.45, 7) is 0. The van der Waals surface area contributed by atoms with Crippen molar-refractivity contribution in [3.63, 3.8) is 0 Å². The lowest BCUT2D eigenvalue weighted by Crippen LogP contribution is -2.46. The number of aliphatic hydroxyl groups is 1. The average molecular weight is 182 g/mol. The third-order valence-electron chi connectivity index (χ3n) is 2.09. The fourth-order valence-corrected chi connectivity index (χ4v) is 1.29. The Labute approximate surface area is 74.8 Å². The molecular formula is C7H10N4O2. The van der Waals surface area contributed by atoms with Gasteiger partial charge in [0.05, 0.1) is 6.33 Å². The quantitative estimate of drug-likeness (QED) is 0.550. The summed E-state index contributed by atoms with van der Waals surface area (Å²) in [6.07, 6.45) is 0.538. The Bertz CT molecular complexity index is 359. The van der Waals surface area contributed by atoms with Crippen molar-refractivity contribution in [1.29, 1.82) is 0 Å². The number of fused-ring (bicyclic) bond motifs is 1. The van der Waals surface area contributed by atoms with Gasteiger partial charge in [-0.05, 0) is 0 Å². The molecule has 6 nitrogen and oxygen atoms in total. The summed E-state index contributed by atoms with van der Waals surface area (Å²) < 4.78 is 1.62. The molecule has 0 bridgehead atoms. The summed E-state index contributed by atoms with van der Waals surface area (Å²) in [4.78, 5) is 16.7. The maximum absolute atomic E-state index is 11.6. The zero-order valence-electron chi connectivity index (χ0n) is 7.35. The van der Waals surface area contributed by atoms with Gasteiger partial charge in [0, 0.05) is 14.1 Å². The van der Waals surface area contributed by atoms with Crippen molar-refractivity contribution in [3.8, 4) is 0 Å². The van der Waals surface area contributed by atoms with Crippen LogP contribution in [0, 0.1) is 0 Å². The van der Waals surface area contributed by atoms with E-state index >= 15 is 0 Å². The van der Waals surface area contributed by atoms with Gasteiger partial charge < -0.3 is 15.0 Å². The topological polar surface area (TPSA) is 70.4 Å². The highest BCUT2D eigenvalue weighted by molar-refractivity contribution is 5.98. The molecule has 1 aromatic heterocycles. The molecule has 1 unspecified atom stereocenters. The minimum absolute atomic E-state index is 0.235. The van der Waals surface area contributed by atoms with E-state index < -0.39 is 6.35 Å². The molecule has 0 spiro atoms. The van der Waals surface area contributed by atoms with Crippen LogP contribution in [0.1, 0.15) is 10.5 Å². The number of hydrogen-bond donors (Lipinski definition) is 2. The van der Waals surface area contributed by atoms with Crippen LogP contribution in [0.3, 0.4) is 0 Å². The van der Waals surface area contributed by atoms with Gasteiger partial charge in [-0.2, -0.15) is 0 Å². The van der Waals surface area contributed by atoms with E-state index in [1.165, 1.54) is 18.3 Å². The van der Waals surface area contributed by atoms with Gasteiger partial charge in [-0.1, -0.05) is 0 Å². The molecule has 0 radical (unpaired) electrons.